The minimum atomic E-state index is -0.733. The van der Waals surface area contributed by atoms with Gasteiger partial charge in [-0.2, -0.15) is 5.10 Å². The van der Waals surface area contributed by atoms with E-state index in [4.69, 9.17) is 18.9 Å². The molecule has 1 heterocycles. The number of fused-ring (bicyclic) bond motifs is 1. The fourth-order valence-corrected chi connectivity index (χ4v) is 4.17. The summed E-state index contributed by atoms with van der Waals surface area (Å²) in [5, 5.41) is 17.5. The monoisotopic (exact) mass is 622 g/mol. The number of ether oxygens (including phenoxy) is 4. The van der Waals surface area contributed by atoms with E-state index in [1.165, 1.54) is 42.6 Å². The number of carbonyl (C=O) groups is 3. The smallest absolute Gasteiger partial charge is 0.343 e. The van der Waals surface area contributed by atoms with Crippen LogP contribution in [0.15, 0.2) is 102 Å². The molecule has 1 aliphatic heterocycles. The van der Waals surface area contributed by atoms with E-state index in [1.54, 1.807) is 67.6 Å². The standard InChI is InChI=1S/C33H26N4O9/c1-2-43-30-18-22(9-15-28(30)46-33(40)24-10-12-25(13-11-24)37(41)42)19-34-36-32(39)26(35-31(38)23-6-4-3-5-7-23)16-21-8-14-27-29(17-21)45-20-44-27/h3-19H,2,20H2,1H3,(H,35,38)(H,36,39)/b26-16-,34-19+. The van der Waals surface area contributed by atoms with Crippen LogP contribution in [0, 0.1) is 10.1 Å². The average Bonchev–Trinajstić information content (AvgIpc) is 3.54. The number of benzene rings is 4. The van der Waals surface area contributed by atoms with Crippen molar-refractivity contribution in [2.75, 3.05) is 13.4 Å². The van der Waals surface area contributed by atoms with E-state index in [1.807, 2.05) is 0 Å². The highest BCUT2D eigenvalue weighted by Crippen LogP contribution is 2.33. The largest absolute Gasteiger partial charge is 0.490 e. The molecule has 0 aromatic heterocycles. The van der Waals surface area contributed by atoms with Gasteiger partial charge in [0, 0.05) is 17.7 Å². The summed E-state index contributed by atoms with van der Waals surface area (Å²) in [5.74, 6) is -0.504. The number of carbonyl (C=O) groups excluding carboxylic acids is 3. The third kappa shape index (κ3) is 7.71. The molecular weight excluding hydrogens is 596 g/mol. The molecule has 232 valence electrons. The number of nitro groups is 1. The van der Waals surface area contributed by atoms with Crippen LogP contribution >= 0.6 is 0 Å². The van der Waals surface area contributed by atoms with E-state index in [0.29, 0.717) is 28.2 Å². The Bertz CT molecular complexity index is 1840. The first-order valence-corrected chi connectivity index (χ1v) is 13.9. The van der Waals surface area contributed by atoms with Crippen LogP contribution in [0.4, 0.5) is 5.69 Å². The molecule has 13 nitrogen and oxygen atoms in total. The van der Waals surface area contributed by atoms with Gasteiger partial charge in [0.25, 0.3) is 17.5 Å². The number of nitrogens with one attached hydrogen (secondary N) is 2. The van der Waals surface area contributed by atoms with Crippen molar-refractivity contribution >= 4 is 35.8 Å². The fourth-order valence-electron chi connectivity index (χ4n) is 4.17. The van der Waals surface area contributed by atoms with E-state index < -0.39 is 22.7 Å². The summed E-state index contributed by atoms with van der Waals surface area (Å²) in [7, 11) is 0. The summed E-state index contributed by atoms with van der Waals surface area (Å²) in [5.41, 5.74) is 3.72. The Kier molecular flexibility index (Phi) is 9.63. The Morgan fingerprint density at radius 2 is 1.63 bits per heavy atom. The first-order chi connectivity index (χ1) is 22.3. The van der Waals surface area contributed by atoms with Gasteiger partial charge in [-0.1, -0.05) is 24.3 Å². The molecule has 0 saturated heterocycles. The molecule has 0 aliphatic carbocycles. The maximum atomic E-state index is 13.2. The maximum absolute atomic E-state index is 13.2. The van der Waals surface area contributed by atoms with Crippen LogP contribution in [-0.2, 0) is 4.79 Å². The van der Waals surface area contributed by atoms with Crippen LogP contribution in [0.2, 0.25) is 0 Å². The van der Waals surface area contributed by atoms with Crippen LogP contribution in [0.1, 0.15) is 38.8 Å². The predicted octanol–water partition coefficient (Wildman–Crippen LogP) is 4.86. The second-order valence-corrected chi connectivity index (χ2v) is 9.52. The van der Waals surface area contributed by atoms with Gasteiger partial charge < -0.3 is 24.3 Å². The molecule has 13 heteroatoms. The number of amides is 2. The molecule has 0 saturated carbocycles. The van der Waals surface area contributed by atoms with E-state index in [9.17, 15) is 24.5 Å². The van der Waals surface area contributed by atoms with E-state index in [-0.39, 0.29) is 41.8 Å². The number of esters is 1. The highest BCUT2D eigenvalue weighted by molar-refractivity contribution is 6.05. The van der Waals surface area contributed by atoms with E-state index >= 15 is 0 Å². The van der Waals surface area contributed by atoms with Gasteiger partial charge in [-0.15, -0.1) is 0 Å². The highest BCUT2D eigenvalue weighted by Gasteiger charge is 2.18. The van der Waals surface area contributed by atoms with E-state index in [0.717, 1.165) is 0 Å². The van der Waals surface area contributed by atoms with Crippen LogP contribution < -0.4 is 29.7 Å². The topological polar surface area (TPSA) is 168 Å². The van der Waals surface area contributed by atoms with Gasteiger partial charge in [0.15, 0.2) is 23.0 Å². The lowest BCUT2D eigenvalue weighted by atomic mass is 10.1. The average molecular weight is 623 g/mol. The first-order valence-electron chi connectivity index (χ1n) is 13.9. The molecule has 4 aromatic carbocycles. The van der Waals surface area contributed by atoms with Gasteiger partial charge in [-0.25, -0.2) is 10.2 Å². The quantitative estimate of drug-likeness (QED) is 0.0593. The third-order valence-corrected chi connectivity index (χ3v) is 6.40. The van der Waals surface area contributed by atoms with Crippen molar-refractivity contribution in [1.82, 2.24) is 10.7 Å². The summed E-state index contributed by atoms with van der Waals surface area (Å²) < 4.78 is 21.8. The maximum Gasteiger partial charge on any atom is 0.343 e. The second kappa shape index (κ2) is 14.3. The van der Waals surface area contributed by atoms with Crippen LogP contribution in [0.25, 0.3) is 6.08 Å². The molecule has 5 rings (SSSR count). The minimum Gasteiger partial charge on any atom is -0.490 e. The lowest BCUT2D eigenvalue weighted by molar-refractivity contribution is -0.384. The SMILES string of the molecule is CCOc1cc(/C=N/NC(=O)/C(=C/c2ccc3c(c2)OCO3)NC(=O)c2ccccc2)ccc1OC(=O)c1ccc([N+](=O)[O-])cc1. The lowest BCUT2D eigenvalue weighted by Crippen LogP contribution is -2.32. The summed E-state index contributed by atoms with van der Waals surface area (Å²) >= 11 is 0. The molecule has 0 fully saturated rings. The third-order valence-electron chi connectivity index (χ3n) is 6.40. The van der Waals surface area contributed by atoms with E-state index in [2.05, 4.69) is 15.8 Å². The van der Waals surface area contributed by atoms with Gasteiger partial charge in [0.2, 0.25) is 6.79 Å². The molecule has 0 unspecified atom stereocenters. The fraction of sp³-hybridized carbons (Fsp3) is 0.0909. The Hall–Kier alpha value is -6.50. The second-order valence-electron chi connectivity index (χ2n) is 9.52. The highest BCUT2D eigenvalue weighted by atomic mass is 16.7. The molecule has 0 spiro atoms. The van der Waals surface area contributed by atoms with Crippen molar-refractivity contribution in [3.8, 4) is 23.0 Å². The van der Waals surface area contributed by atoms with Gasteiger partial charge >= 0.3 is 5.97 Å². The predicted molar refractivity (Wildman–Crippen MR) is 166 cm³/mol. The van der Waals surface area contributed by atoms with Crippen molar-refractivity contribution in [2.45, 2.75) is 6.92 Å². The molecule has 2 amide bonds. The molecule has 0 atom stereocenters. The number of rotatable bonds is 11. The molecule has 0 radical (unpaired) electrons. The Labute approximate surface area is 262 Å². The van der Waals surface area contributed by atoms with Gasteiger partial charge in [-0.05, 0) is 78.7 Å². The summed E-state index contributed by atoms with van der Waals surface area (Å²) in [6, 6.07) is 23.1. The van der Waals surface area contributed by atoms with Crippen LogP contribution in [0.5, 0.6) is 23.0 Å². The lowest BCUT2D eigenvalue weighted by Gasteiger charge is -2.11. The first kappa shape index (κ1) is 30.9. The van der Waals surface area contributed by atoms with Crippen LogP contribution in [0.3, 0.4) is 0 Å². The number of non-ortho nitro benzene ring substituents is 1. The van der Waals surface area contributed by atoms with Crippen molar-refractivity contribution < 1.29 is 38.3 Å². The molecular formula is C33H26N4O9. The Balaban J connectivity index is 1.31. The number of nitrogens with zero attached hydrogens (tertiary/aromatic N) is 2. The van der Waals surface area contributed by atoms with Crippen molar-refractivity contribution in [3.63, 3.8) is 0 Å². The zero-order valence-corrected chi connectivity index (χ0v) is 24.3. The molecule has 4 aromatic rings. The summed E-state index contributed by atoms with van der Waals surface area (Å²) in [6.45, 7) is 2.10. The zero-order valence-electron chi connectivity index (χ0n) is 24.3. The Morgan fingerprint density at radius 3 is 2.37 bits per heavy atom. The molecule has 0 bridgehead atoms. The number of hydrogen-bond acceptors (Lipinski definition) is 10. The van der Waals surface area contributed by atoms with Crippen molar-refractivity contribution in [3.05, 3.63) is 129 Å². The normalized spacial score (nSPS) is 12.0. The number of hydrazone groups is 1. The minimum absolute atomic E-state index is 0.0756. The molecule has 1 aliphatic rings. The van der Waals surface area contributed by atoms with Gasteiger partial charge in [0.1, 0.15) is 5.70 Å². The molecule has 46 heavy (non-hydrogen) atoms. The molecule has 2 N–H and O–H groups in total. The zero-order chi connectivity index (χ0) is 32.5. The van der Waals surface area contributed by atoms with Crippen molar-refractivity contribution in [1.29, 1.82) is 0 Å². The van der Waals surface area contributed by atoms with Gasteiger partial charge in [0.05, 0.1) is 23.3 Å². The van der Waals surface area contributed by atoms with Gasteiger partial charge in [-0.3, -0.25) is 19.7 Å². The van der Waals surface area contributed by atoms with Crippen molar-refractivity contribution in [2.24, 2.45) is 5.10 Å². The summed E-state index contributed by atoms with van der Waals surface area (Å²) in [6.07, 6.45) is 2.83. The number of hydrogen-bond donors (Lipinski definition) is 2. The Morgan fingerprint density at radius 1 is 0.891 bits per heavy atom. The van der Waals surface area contributed by atoms with Crippen LogP contribution in [-0.4, -0.2) is 42.3 Å². The summed E-state index contributed by atoms with van der Waals surface area (Å²) in [4.78, 5) is 49.0. The number of nitro benzene ring substituents is 1.